The molecule has 0 spiro atoms. The number of hydrogen-bond acceptors (Lipinski definition) is 5. The molecule has 2 heterocycles. The highest BCUT2D eigenvalue weighted by Gasteiger charge is 2.33. The summed E-state index contributed by atoms with van der Waals surface area (Å²) in [5.41, 5.74) is 2.28. The van der Waals surface area contributed by atoms with Gasteiger partial charge in [-0.1, -0.05) is 19.1 Å². The second kappa shape index (κ2) is 8.18. The van der Waals surface area contributed by atoms with Gasteiger partial charge in [0.15, 0.2) is 17.3 Å². The number of pyridine rings is 1. The predicted octanol–water partition coefficient (Wildman–Crippen LogP) is 3.49. The molecule has 7 nitrogen and oxygen atoms in total. The number of carbonyl (C=O) groups is 3. The van der Waals surface area contributed by atoms with Gasteiger partial charge in [0, 0.05) is 17.3 Å². The number of nitrogens with zero attached hydrogens (tertiary/aromatic N) is 1. The number of aliphatic carboxylic acids is 1. The molecule has 1 N–H and O–H groups in total. The Kier molecular flexibility index (Phi) is 5.68. The van der Waals surface area contributed by atoms with E-state index in [-0.39, 0.29) is 12.1 Å². The molecule has 0 saturated heterocycles. The third-order valence-corrected chi connectivity index (χ3v) is 4.86. The number of aromatic nitrogens is 1. The van der Waals surface area contributed by atoms with Crippen LogP contribution < -0.4 is 9.47 Å². The van der Waals surface area contributed by atoms with E-state index in [4.69, 9.17) is 14.6 Å². The Balaban J connectivity index is 2.23. The summed E-state index contributed by atoms with van der Waals surface area (Å²) < 4.78 is 12.3. The second-order valence-corrected chi connectivity index (χ2v) is 6.47. The zero-order valence-electron chi connectivity index (χ0n) is 16.3. The van der Waals surface area contributed by atoms with Crippen LogP contribution in [0.3, 0.4) is 0 Å². The van der Waals surface area contributed by atoms with Crippen molar-refractivity contribution in [1.82, 2.24) is 4.40 Å². The van der Waals surface area contributed by atoms with E-state index in [1.54, 1.807) is 41.8 Å². The highest BCUT2D eigenvalue weighted by molar-refractivity contribution is 6.39. The normalized spacial score (nSPS) is 11.8. The molecule has 0 amide bonds. The molecule has 7 heteroatoms. The van der Waals surface area contributed by atoms with Crippen molar-refractivity contribution in [2.24, 2.45) is 5.92 Å². The summed E-state index contributed by atoms with van der Waals surface area (Å²) in [7, 11) is 3.05. The van der Waals surface area contributed by atoms with Gasteiger partial charge in [-0.05, 0) is 42.3 Å². The monoisotopic (exact) mass is 395 g/mol. The molecule has 0 saturated carbocycles. The number of methoxy groups -OCH3 is 2. The summed E-state index contributed by atoms with van der Waals surface area (Å²) in [6.45, 7) is 1.62. The summed E-state index contributed by atoms with van der Waals surface area (Å²) >= 11 is 0. The Morgan fingerprint density at radius 3 is 2.38 bits per heavy atom. The van der Waals surface area contributed by atoms with Crippen LogP contribution >= 0.6 is 0 Å². The molecule has 2 aromatic heterocycles. The van der Waals surface area contributed by atoms with Gasteiger partial charge in [0.25, 0.3) is 5.78 Å². The van der Waals surface area contributed by atoms with Crippen LogP contribution in [0.4, 0.5) is 0 Å². The van der Waals surface area contributed by atoms with Gasteiger partial charge in [0.1, 0.15) is 0 Å². The van der Waals surface area contributed by atoms with Crippen LogP contribution in [0.5, 0.6) is 11.5 Å². The molecule has 3 rings (SSSR count). The average Bonchev–Trinajstić information content (AvgIpc) is 3.12. The fourth-order valence-electron chi connectivity index (χ4n) is 3.40. The number of rotatable bonds is 8. The van der Waals surface area contributed by atoms with Gasteiger partial charge in [0.05, 0.1) is 25.8 Å². The number of fused-ring (bicyclic) bond motifs is 1. The number of Topliss-reactive ketones (excluding diaryl/α,β-unsaturated/α-hetero) is 2. The number of ketones is 2. The number of carbonyl (C=O) groups excluding carboxylic acids is 2. The minimum atomic E-state index is -1.61. The van der Waals surface area contributed by atoms with Crippen molar-refractivity contribution in [1.29, 1.82) is 0 Å². The number of carboxylic acid groups (broad SMARTS) is 1. The SMILES string of the molecule is CCC(C(=O)C(=O)O)C(=O)c1c(-c2ccc(OC)c(OC)c2)cc2ccccn12. The molecule has 0 fully saturated rings. The van der Waals surface area contributed by atoms with Crippen LogP contribution in [0.1, 0.15) is 23.8 Å². The van der Waals surface area contributed by atoms with Crippen LogP contribution in [0.15, 0.2) is 48.7 Å². The number of hydrogen-bond donors (Lipinski definition) is 1. The van der Waals surface area contributed by atoms with E-state index >= 15 is 0 Å². The van der Waals surface area contributed by atoms with Crippen molar-refractivity contribution in [3.63, 3.8) is 0 Å². The number of ether oxygens (including phenoxy) is 2. The molecule has 0 bridgehead atoms. The summed E-state index contributed by atoms with van der Waals surface area (Å²) in [5, 5.41) is 9.12. The van der Waals surface area contributed by atoms with Crippen LogP contribution in [0, 0.1) is 5.92 Å². The largest absolute Gasteiger partial charge is 0.493 e. The lowest BCUT2D eigenvalue weighted by molar-refractivity contribution is -0.150. The quantitative estimate of drug-likeness (QED) is 0.356. The summed E-state index contributed by atoms with van der Waals surface area (Å²) in [4.78, 5) is 36.6. The van der Waals surface area contributed by atoms with Crippen LogP contribution in [0.2, 0.25) is 0 Å². The van der Waals surface area contributed by atoms with Crippen molar-refractivity contribution in [3.05, 3.63) is 54.4 Å². The second-order valence-electron chi connectivity index (χ2n) is 6.47. The highest BCUT2D eigenvalue weighted by Crippen LogP contribution is 2.36. The highest BCUT2D eigenvalue weighted by atomic mass is 16.5. The zero-order valence-corrected chi connectivity index (χ0v) is 16.3. The zero-order chi connectivity index (χ0) is 21.1. The Bertz CT molecular complexity index is 1100. The molecule has 0 radical (unpaired) electrons. The Hall–Kier alpha value is -3.61. The standard InChI is InChI=1S/C22H21NO6/c1-4-15(21(25)22(26)27)20(24)19-16(12-14-7-5-6-10-23(14)19)13-8-9-17(28-2)18(11-13)29-3/h5-12,15H,4H2,1-3H3,(H,26,27). The van der Waals surface area contributed by atoms with Crippen LogP contribution in [-0.2, 0) is 9.59 Å². The van der Waals surface area contributed by atoms with Crippen molar-refractivity contribution in [2.45, 2.75) is 13.3 Å². The number of benzene rings is 1. The van der Waals surface area contributed by atoms with Gasteiger partial charge in [-0.3, -0.25) is 9.59 Å². The molecule has 0 aliphatic rings. The van der Waals surface area contributed by atoms with Gasteiger partial charge < -0.3 is 19.0 Å². The van der Waals surface area contributed by atoms with E-state index in [0.29, 0.717) is 22.6 Å². The van der Waals surface area contributed by atoms with Gasteiger partial charge in [-0.2, -0.15) is 0 Å². The molecular weight excluding hydrogens is 374 g/mol. The first-order chi connectivity index (χ1) is 13.9. The van der Waals surface area contributed by atoms with E-state index in [1.165, 1.54) is 14.2 Å². The lowest BCUT2D eigenvalue weighted by atomic mass is 9.91. The first kappa shape index (κ1) is 20.1. The molecular formula is C22H21NO6. The van der Waals surface area contributed by atoms with Crippen LogP contribution in [0.25, 0.3) is 16.6 Å². The average molecular weight is 395 g/mol. The molecule has 3 aromatic rings. The topological polar surface area (TPSA) is 94.3 Å². The van der Waals surface area contributed by atoms with Crippen molar-refractivity contribution >= 4 is 23.1 Å². The lowest BCUT2D eigenvalue weighted by Gasteiger charge is -2.14. The minimum absolute atomic E-state index is 0.0927. The van der Waals surface area contributed by atoms with Gasteiger partial charge >= 0.3 is 5.97 Å². The van der Waals surface area contributed by atoms with Crippen molar-refractivity contribution < 1.29 is 29.0 Å². The molecule has 29 heavy (non-hydrogen) atoms. The summed E-state index contributed by atoms with van der Waals surface area (Å²) in [6.07, 6.45) is 1.81. The summed E-state index contributed by atoms with van der Waals surface area (Å²) in [5.74, 6) is -3.48. The van der Waals surface area contributed by atoms with E-state index < -0.39 is 23.5 Å². The predicted molar refractivity (Wildman–Crippen MR) is 107 cm³/mol. The molecule has 1 atom stereocenters. The van der Waals surface area contributed by atoms with E-state index in [9.17, 15) is 14.4 Å². The molecule has 1 unspecified atom stereocenters. The lowest BCUT2D eigenvalue weighted by Crippen LogP contribution is -2.30. The van der Waals surface area contributed by atoms with E-state index in [2.05, 4.69) is 0 Å². The summed E-state index contributed by atoms with van der Waals surface area (Å²) in [6, 6.07) is 12.5. The maximum atomic E-state index is 13.3. The van der Waals surface area contributed by atoms with Gasteiger partial charge in [0.2, 0.25) is 0 Å². The fraction of sp³-hybridized carbons (Fsp3) is 0.227. The van der Waals surface area contributed by atoms with Crippen molar-refractivity contribution in [3.8, 4) is 22.6 Å². The first-order valence-corrected chi connectivity index (χ1v) is 9.06. The van der Waals surface area contributed by atoms with Gasteiger partial charge in [-0.25, -0.2) is 4.79 Å². The molecule has 1 aromatic carbocycles. The van der Waals surface area contributed by atoms with E-state index in [1.807, 2.05) is 18.2 Å². The van der Waals surface area contributed by atoms with Gasteiger partial charge in [-0.15, -0.1) is 0 Å². The van der Waals surface area contributed by atoms with Crippen LogP contribution in [-0.4, -0.2) is 41.3 Å². The maximum Gasteiger partial charge on any atom is 0.372 e. The Labute approximate surface area is 167 Å². The Morgan fingerprint density at radius 1 is 1.03 bits per heavy atom. The smallest absolute Gasteiger partial charge is 0.372 e. The molecule has 0 aliphatic heterocycles. The number of carboxylic acids is 1. The maximum absolute atomic E-state index is 13.3. The third kappa shape index (κ3) is 3.59. The minimum Gasteiger partial charge on any atom is -0.493 e. The van der Waals surface area contributed by atoms with Crippen molar-refractivity contribution in [2.75, 3.05) is 14.2 Å². The molecule has 0 aliphatic carbocycles. The third-order valence-electron chi connectivity index (χ3n) is 4.86. The Morgan fingerprint density at radius 2 is 1.76 bits per heavy atom. The fourth-order valence-corrected chi connectivity index (χ4v) is 3.40. The first-order valence-electron chi connectivity index (χ1n) is 9.06. The molecule has 150 valence electrons. The van der Waals surface area contributed by atoms with E-state index in [0.717, 1.165) is 5.52 Å².